The summed E-state index contributed by atoms with van der Waals surface area (Å²) in [6.45, 7) is 1.11. The molecule has 1 aromatic carbocycles. The molecule has 0 saturated carbocycles. The zero-order valence-corrected chi connectivity index (χ0v) is 13.7. The molecule has 1 aliphatic rings. The lowest BCUT2D eigenvalue weighted by atomic mass is 10.2. The van der Waals surface area contributed by atoms with Gasteiger partial charge in [-0.05, 0) is 42.7 Å². The fraction of sp³-hybridized carbons (Fsp3) is 0.263. The van der Waals surface area contributed by atoms with Crippen molar-refractivity contribution in [1.82, 2.24) is 4.98 Å². The van der Waals surface area contributed by atoms with Crippen LogP contribution in [-0.2, 0) is 9.53 Å². The molecule has 5 nitrogen and oxygen atoms in total. The fourth-order valence-corrected chi connectivity index (χ4v) is 2.51. The monoisotopic (exact) mass is 342 g/mol. The quantitative estimate of drug-likeness (QED) is 0.817. The van der Waals surface area contributed by atoms with Crippen LogP contribution in [-0.4, -0.2) is 30.2 Å². The van der Waals surface area contributed by atoms with Gasteiger partial charge in [-0.3, -0.25) is 9.78 Å². The molecule has 2 heterocycles. The molecule has 1 saturated heterocycles. The molecule has 130 valence electrons. The van der Waals surface area contributed by atoms with Gasteiger partial charge in [-0.15, -0.1) is 0 Å². The summed E-state index contributed by atoms with van der Waals surface area (Å²) in [5.41, 5.74) is 1.09. The zero-order valence-electron chi connectivity index (χ0n) is 13.7. The Morgan fingerprint density at radius 2 is 2.36 bits per heavy atom. The van der Waals surface area contributed by atoms with Crippen molar-refractivity contribution in [3.8, 4) is 5.75 Å². The van der Waals surface area contributed by atoms with Crippen molar-refractivity contribution in [2.45, 2.75) is 18.9 Å². The molecular formula is C19H19FN2O3. The van der Waals surface area contributed by atoms with Gasteiger partial charge in [-0.1, -0.05) is 6.07 Å². The number of aromatic nitrogens is 1. The third-order valence-electron chi connectivity index (χ3n) is 3.76. The summed E-state index contributed by atoms with van der Waals surface area (Å²) >= 11 is 0. The summed E-state index contributed by atoms with van der Waals surface area (Å²) in [6.07, 6.45) is 8.29. The molecule has 6 heteroatoms. The van der Waals surface area contributed by atoms with Crippen LogP contribution < -0.4 is 10.1 Å². The molecular weight excluding hydrogens is 323 g/mol. The van der Waals surface area contributed by atoms with Gasteiger partial charge in [0.25, 0.3) is 0 Å². The Bertz CT molecular complexity index is 744. The first kappa shape index (κ1) is 17.1. The molecule has 1 amide bonds. The highest BCUT2D eigenvalue weighted by atomic mass is 19.1. The highest BCUT2D eigenvalue weighted by Crippen LogP contribution is 2.26. The average Bonchev–Trinajstić information content (AvgIpc) is 3.14. The summed E-state index contributed by atoms with van der Waals surface area (Å²) in [6, 6.07) is 7.65. The van der Waals surface area contributed by atoms with Crippen LogP contribution in [0.3, 0.4) is 0 Å². The first-order valence-corrected chi connectivity index (χ1v) is 8.14. The molecule has 25 heavy (non-hydrogen) atoms. The number of rotatable bonds is 6. The number of carbonyl (C=O) groups excluding carboxylic acids is 1. The molecule has 1 atom stereocenters. The van der Waals surface area contributed by atoms with E-state index in [0.717, 1.165) is 25.0 Å². The van der Waals surface area contributed by atoms with Gasteiger partial charge < -0.3 is 14.8 Å². The number of ether oxygens (including phenoxy) is 2. The number of pyridine rings is 1. The first-order chi connectivity index (χ1) is 12.2. The van der Waals surface area contributed by atoms with Crippen LogP contribution in [0.5, 0.6) is 5.75 Å². The Morgan fingerprint density at radius 3 is 3.12 bits per heavy atom. The summed E-state index contributed by atoms with van der Waals surface area (Å²) in [5, 5.41) is 2.65. The predicted molar refractivity (Wildman–Crippen MR) is 92.8 cm³/mol. The topological polar surface area (TPSA) is 60.5 Å². The predicted octanol–water partition coefficient (Wildman–Crippen LogP) is 3.43. The van der Waals surface area contributed by atoms with E-state index in [9.17, 15) is 9.18 Å². The Hall–Kier alpha value is -2.73. The van der Waals surface area contributed by atoms with Crippen molar-refractivity contribution in [1.29, 1.82) is 0 Å². The molecule has 0 bridgehead atoms. The van der Waals surface area contributed by atoms with Gasteiger partial charge in [-0.2, -0.15) is 0 Å². The van der Waals surface area contributed by atoms with Crippen molar-refractivity contribution in [2.75, 3.05) is 18.5 Å². The number of halogens is 1. The van der Waals surface area contributed by atoms with Crippen molar-refractivity contribution >= 4 is 17.7 Å². The van der Waals surface area contributed by atoms with E-state index in [1.807, 2.05) is 6.07 Å². The second kappa shape index (κ2) is 8.39. The molecule has 1 aliphatic heterocycles. The van der Waals surface area contributed by atoms with Gasteiger partial charge >= 0.3 is 0 Å². The van der Waals surface area contributed by atoms with Crippen LogP contribution in [0.2, 0.25) is 0 Å². The first-order valence-electron chi connectivity index (χ1n) is 8.14. The fourth-order valence-electron chi connectivity index (χ4n) is 2.51. The van der Waals surface area contributed by atoms with Crippen LogP contribution >= 0.6 is 0 Å². The number of carbonyl (C=O) groups is 1. The van der Waals surface area contributed by atoms with Crippen LogP contribution in [0.1, 0.15) is 18.4 Å². The standard InChI is InChI=1S/C19H19FN2O3/c20-15-6-7-18(25-13-16-4-2-10-24-16)17(11-15)22-19(23)8-5-14-3-1-9-21-12-14/h1,3,5-9,11-12,16H,2,4,10,13H2,(H,22,23)/b8-5-/t16-/m1/s1. The van der Waals surface area contributed by atoms with E-state index >= 15 is 0 Å². The van der Waals surface area contributed by atoms with Gasteiger partial charge in [0, 0.05) is 31.1 Å². The number of anilines is 1. The van der Waals surface area contributed by atoms with Gasteiger partial charge in [-0.25, -0.2) is 4.39 Å². The molecule has 1 aromatic heterocycles. The maximum Gasteiger partial charge on any atom is 0.248 e. The van der Waals surface area contributed by atoms with Crippen molar-refractivity contribution in [2.24, 2.45) is 0 Å². The molecule has 3 rings (SSSR count). The van der Waals surface area contributed by atoms with E-state index in [0.29, 0.717) is 18.0 Å². The Balaban J connectivity index is 1.64. The van der Waals surface area contributed by atoms with Crippen LogP contribution in [0.25, 0.3) is 6.08 Å². The van der Waals surface area contributed by atoms with Crippen molar-refractivity contribution in [3.05, 3.63) is 60.2 Å². The summed E-state index contributed by atoms with van der Waals surface area (Å²) in [4.78, 5) is 16.1. The minimum Gasteiger partial charge on any atom is -0.489 e. The maximum absolute atomic E-state index is 13.5. The van der Waals surface area contributed by atoms with E-state index in [2.05, 4.69) is 10.3 Å². The SMILES string of the molecule is O=C(/C=C\c1cccnc1)Nc1cc(F)ccc1OC[C@H]1CCCO1. The van der Waals surface area contributed by atoms with Crippen LogP contribution in [0.15, 0.2) is 48.8 Å². The number of hydrogen-bond acceptors (Lipinski definition) is 4. The number of nitrogens with one attached hydrogen (secondary N) is 1. The second-order valence-electron chi connectivity index (χ2n) is 5.70. The lowest BCUT2D eigenvalue weighted by molar-refractivity contribution is -0.111. The summed E-state index contributed by atoms with van der Waals surface area (Å²) < 4.78 is 24.7. The smallest absolute Gasteiger partial charge is 0.248 e. The van der Waals surface area contributed by atoms with Gasteiger partial charge in [0.05, 0.1) is 11.8 Å². The second-order valence-corrected chi connectivity index (χ2v) is 5.70. The van der Waals surface area contributed by atoms with Crippen LogP contribution in [0, 0.1) is 5.82 Å². The molecule has 1 fully saturated rings. The van der Waals surface area contributed by atoms with E-state index in [-0.39, 0.29) is 12.0 Å². The van der Waals surface area contributed by atoms with Gasteiger partial charge in [0.15, 0.2) is 0 Å². The molecule has 0 aliphatic carbocycles. The lowest BCUT2D eigenvalue weighted by Crippen LogP contribution is -2.17. The number of benzene rings is 1. The van der Waals surface area contributed by atoms with E-state index in [4.69, 9.17) is 9.47 Å². The Labute approximate surface area is 145 Å². The largest absolute Gasteiger partial charge is 0.489 e. The molecule has 1 N–H and O–H groups in total. The minimum absolute atomic E-state index is 0.0408. The third kappa shape index (κ3) is 5.12. The summed E-state index contributed by atoms with van der Waals surface area (Å²) in [5.74, 6) is -0.410. The van der Waals surface area contributed by atoms with Crippen molar-refractivity contribution < 1.29 is 18.7 Å². The average molecular weight is 342 g/mol. The van der Waals surface area contributed by atoms with Gasteiger partial charge in [0.2, 0.25) is 5.91 Å². The maximum atomic E-state index is 13.5. The minimum atomic E-state index is -0.448. The van der Waals surface area contributed by atoms with E-state index in [1.165, 1.54) is 24.3 Å². The molecule has 2 aromatic rings. The van der Waals surface area contributed by atoms with E-state index < -0.39 is 5.82 Å². The molecule has 0 spiro atoms. The van der Waals surface area contributed by atoms with Crippen molar-refractivity contribution in [3.63, 3.8) is 0 Å². The molecule has 0 radical (unpaired) electrons. The Kier molecular flexibility index (Phi) is 5.74. The number of amides is 1. The third-order valence-corrected chi connectivity index (χ3v) is 3.76. The zero-order chi connectivity index (χ0) is 17.5. The van der Waals surface area contributed by atoms with Crippen LogP contribution in [0.4, 0.5) is 10.1 Å². The highest BCUT2D eigenvalue weighted by molar-refractivity contribution is 6.02. The van der Waals surface area contributed by atoms with E-state index in [1.54, 1.807) is 24.5 Å². The number of hydrogen-bond donors (Lipinski definition) is 1. The normalized spacial score (nSPS) is 16.9. The molecule has 0 unspecified atom stereocenters. The van der Waals surface area contributed by atoms with Gasteiger partial charge in [0.1, 0.15) is 18.2 Å². The summed E-state index contributed by atoms with van der Waals surface area (Å²) in [7, 11) is 0. The Morgan fingerprint density at radius 1 is 1.44 bits per heavy atom. The number of nitrogens with zero attached hydrogens (tertiary/aromatic N) is 1. The lowest BCUT2D eigenvalue weighted by Gasteiger charge is -2.15. The highest BCUT2D eigenvalue weighted by Gasteiger charge is 2.17.